The van der Waals surface area contributed by atoms with Gasteiger partial charge in [-0.05, 0) is 42.8 Å². The van der Waals surface area contributed by atoms with Gasteiger partial charge in [0.25, 0.3) is 0 Å². The molecule has 0 spiro atoms. The van der Waals surface area contributed by atoms with Gasteiger partial charge >= 0.3 is 0 Å². The van der Waals surface area contributed by atoms with Crippen LogP contribution in [0.5, 0.6) is 5.75 Å². The molecule has 2 aromatic rings. The summed E-state index contributed by atoms with van der Waals surface area (Å²) in [5, 5.41) is 0. The van der Waals surface area contributed by atoms with E-state index >= 15 is 0 Å². The van der Waals surface area contributed by atoms with E-state index in [1.807, 2.05) is 24.3 Å². The fraction of sp³-hybridized carbons (Fsp3) is 0.333. The quantitative estimate of drug-likeness (QED) is 0.834. The van der Waals surface area contributed by atoms with Gasteiger partial charge in [-0.1, -0.05) is 24.3 Å². The Morgan fingerprint density at radius 1 is 1.24 bits per heavy atom. The van der Waals surface area contributed by atoms with Crippen LogP contribution in [0.1, 0.15) is 28.2 Å². The minimum atomic E-state index is -0.142. The molecule has 3 heteroatoms. The first-order valence-corrected chi connectivity index (χ1v) is 7.20. The summed E-state index contributed by atoms with van der Waals surface area (Å²) in [5.74, 6) is 0.897. The molecule has 21 heavy (non-hydrogen) atoms. The van der Waals surface area contributed by atoms with Crippen LogP contribution >= 0.6 is 0 Å². The Morgan fingerprint density at radius 3 is 2.76 bits per heavy atom. The predicted molar refractivity (Wildman–Crippen MR) is 82.3 cm³/mol. The average Bonchev–Trinajstić information content (AvgIpc) is 2.48. The number of methoxy groups -OCH3 is 1. The van der Waals surface area contributed by atoms with Crippen LogP contribution in [0.4, 0.5) is 4.39 Å². The number of hydrogen-bond acceptors (Lipinski definition) is 2. The van der Waals surface area contributed by atoms with E-state index in [-0.39, 0.29) is 11.7 Å². The lowest BCUT2D eigenvalue weighted by atomic mass is 9.84. The van der Waals surface area contributed by atoms with Crippen molar-refractivity contribution in [1.82, 2.24) is 4.90 Å². The number of hydrogen-bond donors (Lipinski definition) is 0. The Kier molecular flexibility index (Phi) is 3.68. The van der Waals surface area contributed by atoms with Gasteiger partial charge in [-0.15, -0.1) is 0 Å². The van der Waals surface area contributed by atoms with Crippen molar-refractivity contribution in [3.63, 3.8) is 0 Å². The van der Waals surface area contributed by atoms with E-state index in [1.165, 1.54) is 11.1 Å². The summed E-state index contributed by atoms with van der Waals surface area (Å²) < 4.78 is 19.5. The van der Waals surface area contributed by atoms with E-state index in [1.54, 1.807) is 20.1 Å². The molecule has 1 aliphatic rings. The highest BCUT2D eigenvalue weighted by Gasteiger charge is 2.28. The largest absolute Gasteiger partial charge is 0.496 e. The van der Waals surface area contributed by atoms with Crippen molar-refractivity contribution in [3.8, 4) is 5.75 Å². The minimum Gasteiger partial charge on any atom is -0.496 e. The Morgan fingerprint density at radius 2 is 2.05 bits per heavy atom. The molecule has 1 aliphatic heterocycles. The summed E-state index contributed by atoms with van der Waals surface area (Å²) >= 11 is 0. The number of likely N-dealkylation sites (N-methyl/N-ethyl adjacent to an activating group) is 1. The van der Waals surface area contributed by atoms with Crippen LogP contribution in [0.25, 0.3) is 0 Å². The number of ether oxygens (including phenoxy) is 1. The topological polar surface area (TPSA) is 12.5 Å². The van der Waals surface area contributed by atoms with Crippen LogP contribution in [0.2, 0.25) is 0 Å². The lowest BCUT2D eigenvalue weighted by Gasteiger charge is -2.33. The molecule has 0 fully saturated rings. The van der Waals surface area contributed by atoms with Crippen molar-refractivity contribution in [1.29, 1.82) is 0 Å². The summed E-state index contributed by atoms with van der Waals surface area (Å²) in [4.78, 5) is 2.27. The van der Waals surface area contributed by atoms with Gasteiger partial charge in [-0.3, -0.25) is 0 Å². The third-order valence-corrected chi connectivity index (χ3v) is 4.26. The van der Waals surface area contributed by atoms with Crippen LogP contribution in [-0.4, -0.2) is 25.6 Å². The fourth-order valence-electron chi connectivity index (χ4n) is 3.16. The molecule has 0 bridgehead atoms. The molecule has 0 amide bonds. The molecule has 110 valence electrons. The van der Waals surface area contributed by atoms with Crippen molar-refractivity contribution in [2.75, 3.05) is 20.7 Å². The summed E-state index contributed by atoms with van der Waals surface area (Å²) in [6.07, 6.45) is 0. The first-order chi connectivity index (χ1) is 10.1. The zero-order valence-electron chi connectivity index (χ0n) is 12.7. The summed E-state index contributed by atoms with van der Waals surface area (Å²) in [6.45, 7) is 3.56. The van der Waals surface area contributed by atoms with Crippen LogP contribution in [-0.2, 0) is 6.54 Å². The van der Waals surface area contributed by atoms with E-state index in [0.29, 0.717) is 5.56 Å². The second kappa shape index (κ2) is 5.49. The predicted octanol–water partition coefficient (Wildman–Crippen LogP) is 3.72. The Labute approximate surface area is 125 Å². The summed E-state index contributed by atoms with van der Waals surface area (Å²) in [7, 11) is 3.79. The molecule has 3 rings (SSSR count). The lowest BCUT2D eigenvalue weighted by molar-refractivity contribution is 0.288. The first kappa shape index (κ1) is 14.1. The molecule has 0 saturated carbocycles. The maximum absolute atomic E-state index is 13.9. The second-order valence-corrected chi connectivity index (χ2v) is 5.79. The van der Waals surface area contributed by atoms with Crippen molar-refractivity contribution in [3.05, 3.63) is 64.5 Å². The van der Waals surface area contributed by atoms with Gasteiger partial charge in [0.1, 0.15) is 11.6 Å². The molecular formula is C18H20FNO. The van der Waals surface area contributed by atoms with E-state index < -0.39 is 0 Å². The highest BCUT2D eigenvalue weighted by Crippen LogP contribution is 2.39. The standard InChI is InChI=1S/C18H20FNO/c1-12-7-8-13(9-16(12)19)15-11-20(2)10-14-5-4-6-17(21-3)18(14)15/h4-9,15H,10-11H2,1-3H3/t15-/m1/s1. The molecule has 0 saturated heterocycles. The molecule has 2 nitrogen and oxygen atoms in total. The van der Waals surface area contributed by atoms with Gasteiger partial charge in [0.15, 0.2) is 0 Å². The molecule has 1 atom stereocenters. The number of benzene rings is 2. The molecular weight excluding hydrogens is 265 g/mol. The summed E-state index contributed by atoms with van der Waals surface area (Å²) in [6, 6.07) is 11.7. The monoisotopic (exact) mass is 285 g/mol. The van der Waals surface area contributed by atoms with Gasteiger partial charge in [0, 0.05) is 24.6 Å². The highest BCUT2D eigenvalue weighted by molar-refractivity contribution is 5.49. The Bertz CT molecular complexity index is 668. The van der Waals surface area contributed by atoms with E-state index in [0.717, 1.165) is 24.4 Å². The van der Waals surface area contributed by atoms with Gasteiger partial charge in [0.05, 0.1) is 7.11 Å². The van der Waals surface area contributed by atoms with Crippen LogP contribution in [0.3, 0.4) is 0 Å². The number of nitrogens with zero attached hydrogens (tertiary/aromatic N) is 1. The maximum atomic E-state index is 13.9. The number of rotatable bonds is 2. The fourth-order valence-corrected chi connectivity index (χ4v) is 3.16. The second-order valence-electron chi connectivity index (χ2n) is 5.79. The molecule has 0 aromatic heterocycles. The zero-order chi connectivity index (χ0) is 15.0. The average molecular weight is 285 g/mol. The van der Waals surface area contributed by atoms with Crippen molar-refractivity contribution in [2.24, 2.45) is 0 Å². The van der Waals surface area contributed by atoms with E-state index in [9.17, 15) is 4.39 Å². The summed E-state index contributed by atoms with van der Waals surface area (Å²) in [5.41, 5.74) is 4.15. The van der Waals surface area contributed by atoms with Crippen molar-refractivity contribution in [2.45, 2.75) is 19.4 Å². The normalized spacial score (nSPS) is 18.4. The van der Waals surface area contributed by atoms with E-state index in [2.05, 4.69) is 18.0 Å². The van der Waals surface area contributed by atoms with Gasteiger partial charge in [0.2, 0.25) is 0 Å². The molecule has 1 heterocycles. The van der Waals surface area contributed by atoms with Gasteiger partial charge in [-0.25, -0.2) is 4.39 Å². The number of aryl methyl sites for hydroxylation is 1. The smallest absolute Gasteiger partial charge is 0.126 e. The molecule has 2 aromatic carbocycles. The SMILES string of the molecule is COc1cccc2c1[C@@H](c1ccc(C)c(F)c1)CN(C)C2. The van der Waals surface area contributed by atoms with Crippen molar-refractivity contribution < 1.29 is 9.13 Å². The Hall–Kier alpha value is -1.87. The van der Waals surface area contributed by atoms with Crippen LogP contribution in [0.15, 0.2) is 36.4 Å². The zero-order valence-corrected chi connectivity index (χ0v) is 12.7. The maximum Gasteiger partial charge on any atom is 0.126 e. The van der Waals surface area contributed by atoms with Crippen LogP contribution < -0.4 is 4.74 Å². The number of halogens is 1. The van der Waals surface area contributed by atoms with Crippen molar-refractivity contribution >= 4 is 0 Å². The minimum absolute atomic E-state index is 0.142. The van der Waals surface area contributed by atoms with E-state index in [4.69, 9.17) is 4.74 Å². The molecule has 0 unspecified atom stereocenters. The van der Waals surface area contributed by atoms with Gasteiger partial charge in [-0.2, -0.15) is 0 Å². The highest BCUT2D eigenvalue weighted by atomic mass is 19.1. The third-order valence-electron chi connectivity index (χ3n) is 4.26. The first-order valence-electron chi connectivity index (χ1n) is 7.20. The Balaban J connectivity index is 2.13. The van der Waals surface area contributed by atoms with Gasteiger partial charge < -0.3 is 9.64 Å². The molecule has 0 N–H and O–H groups in total. The number of fused-ring (bicyclic) bond motifs is 1. The lowest BCUT2D eigenvalue weighted by Crippen LogP contribution is -2.31. The molecule has 0 aliphatic carbocycles. The van der Waals surface area contributed by atoms with Crippen LogP contribution in [0, 0.1) is 12.7 Å². The third kappa shape index (κ3) is 2.54. The molecule has 0 radical (unpaired) electrons.